The highest BCUT2D eigenvalue weighted by Gasteiger charge is 2.37. The Morgan fingerprint density at radius 2 is 2.33 bits per heavy atom. The lowest BCUT2D eigenvalue weighted by atomic mass is 10.1. The quantitative estimate of drug-likeness (QED) is 0.797. The molecule has 0 bridgehead atoms. The van der Waals surface area contributed by atoms with Crippen molar-refractivity contribution in [1.82, 2.24) is 15.0 Å². The molecule has 0 aromatic carbocycles. The first-order valence-corrected chi connectivity index (χ1v) is 7.05. The molecule has 1 fully saturated rings. The highest BCUT2D eigenvalue weighted by atomic mass is 16.5. The van der Waals surface area contributed by atoms with Gasteiger partial charge in [-0.25, -0.2) is 9.97 Å². The van der Waals surface area contributed by atoms with Gasteiger partial charge in [-0.2, -0.15) is 0 Å². The van der Waals surface area contributed by atoms with Crippen LogP contribution in [-0.2, 0) is 16.0 Å². The number of methoxy groups -OCH3 is 1. The van der Waals surface area contributed by atoms with Gasteiger partial charge in [-0.15, -0.1) is 0 Å². The fourth-order valence-corrected chi connectivity index (χ4v) is 2.93. The van der Waals surface area contributed by atoms with Crippen molar-refractivity contribution >= 4 is 22.8 Å². The summed E-state index contributed by atoms with van der Waals surface area (Å²) in [6.45, 7) is 3.20. The number of fused-ring (bicyclic) bond motifs is 1. The van der Waals surface area contributed by atoms with E-state index in [1.165, 1.54) is 13.4 Å². The van der Waals surface area contributed by atoms with Crippen LogP contribution in [0.5, 0.6) is 0 Å². The maximum atomic E-state index is 11.8. The monoisotopic (exact) mass is 289 g/mol. The SMILES string of the molecule is CCc1c[nH]c2ncnc(N3CC(N)C(C(=O)OC)C3)c12. The van der Waals surface area contributed by atoms with E-state index in [0.29, 0.717) is 13.1 Å². The second-order valence-electron chi connectivity index (χ2n) is 5.29. The van der Waals surface area contributed by atoms with E-state index >= 15 is 0 Å². The van der Waals surface area contributed by atoms with E-state index in [-0.39, 0.29) is 17.9 Å². The molecule has 7 heteroatoms. The fraction of sp³-hybridized carbons (Fsp3) is 0.500. The summed E-state index contributed by atoms with van der Waals surface area (Å²) < 4.78 is 4.82. The molecule has 1 saturated heterocycles. The summed E-state index contributed by atoms with van der Waals surface area (Å²) in [6, 6.07) is -0.244. The van der Waals surface area contributed by atoms with Gasteiger partial charge in [-0.05, 0) is 12.0 Å². The number of nitrogens with two attached hydrogens (primary N) is 1. The predicted octanol–water partition coefficient (Wildman–Crippen LogP) is 0.457. The number of aryl methyl sites for hydroxylation is 1. The average Bonchev–Trinajstić information content (AvgIpc) is 3.09. The number of hydrogen-bond donors (Lipinski definition) is 2. The van der Waals surface area contributed by atoms with Crippen molar-refractivity contribution in [3.05, 3.63) is 18.1 Å². The van der Waals surface area contributed by atoms with E-state index < -0.39 is 0 Å². The van der Waals surface area contributed by atoms with Crippen LogP contribution < -0.4 is 10.6 Å². The van der Waals surface area contributed by atoms with Crippen molar-refractivity contribution in [3.8, 4) is 0 Å². The lowest BCUT2D eigenvalue weighted by Crippen LogP contribution is -2.34. The van der Waals surface area contributed by atoms with Crippen molar-refractivity contribution in [1.29, 1.82) is 0 Å². The Morgan fingerprint density at radius 1 is 1.52 bits per heavy atom. The summed E-state index contributed by atoms with van der Waals surface area (Å²) in [7, 11) is 1.39. The third-order valence-corrected chi connectivity index (χ3v) is 4.08. The first-order chi connectivity index (χ1) is 10.2. The second-order valence-corrected chi connectivity index (χ2v) is 5.29. The van der Waals surface area contributed by atoms with E-state index in [1.54, 1.807) is 0 Å². The summed E-state index contributed by atoms with van der Waals surface area (Å²) in [4.78, 5) is 25.6. The van der Waals surface area contributed by atoms with Gasteiger partial charge in [0.25, 0.3) is 0 Å². The molecule has 3 N–H and O–H groups in total. The van der Waals surface area contributed by atoms with Crippen LogP contribution in [-0.4, -0.2) is 47.2 Å². The largest absolute Gasteiger partial charge is 0.469 e. The Labute approximate surface area is 122 Å². The minimum absolute atomic E-state index is 0.244. The zero-order chi connectivity index (χ0) is 15.0. The number of carbonyl (C=O) groups excluding carboxylic acids is 1. The molecule has 2 atom stereocenters. The normalized spacial score (nSPS) is 22.0. The molecule has 2 aromatic rings. The second kappa shape index (κ2) is 5.33. The Balaban J connectivity index is 1.98. The van der Waals surface area contributed by atoms with Crippen LogP contribution in [0.2, 0.25) is 0 Å². The van der Waals surface area contributed by atoms with Gasteiger partial charge in [0.15, 0.2) is 0 Å². The van der Waals surface area contributed by atoms with Crippen molar-refractivity contribution in [2.24, 2.45) is 11.7 Å². The number of rotatable bonds is 3. The molecule has 1 aliphatic heterocycles. The Morgan fingerprint density at radius 3 is 3.05 bits per heavy atom. The number of H-pyrrole nitrogens is 1. The zero-order valence-corrected chi connectivity index (χ0v) is 12.2. The summed E-state index contributed by atoms with van der Waals surface area (Å²) in [5.74, 6) is 0.254. The van der Waals surface area contributed by atoms with Crippen molar-refractivity contribution < 1.29 is 9.53 Å². The molecule has 3 heterocycles. The van der Waals surface area contributed by atoms with Gasteiger partial charge in [-0.1, -0.05) is 6.92 Å². The standard InChI is InChI=1S/C14H19N5O2/c1-3-8-4-16-12-11(8)13(18-7-17-12)19-5-9(10(15)6-19)14(20)21-2/h4,7,9-10H,3,5-6,15H2,1-2H3,(H,16,17,18). The van der Waals surface area contributed by atoms with Crippen LogP contribution >= 0.6 is 0 Å². The van der Waals surface area contributed by atoms with Crippen LogP contribution in [0, 0.1) is 5.92 Å². The first kappa shape index (κ1) is 13.8. The van der Waals surface area contributed by atoms with Gasteiger partial charge in [-0.3, -0.25) is 4.79 Å². The molecular formula is C14H19N5O2. The number of aromatic nitrogens is 3. The molecule has 2 unspecified atom stereocenters. The van der Waals surface area contributed by atoms with E-state index in [1.807, 2.05) is 11.1 Å². The number of aromatic amines is 1. The number of hydrogen-bond acceptors (Lipinski definition) is 6. The van der Waals surface area contributed by atoms with Crippen molar-refractivity contribution in [2.75, 3.05) is 25.1 Å². The Kier molecular flexibility index (Phi) is 3.50. The predicted molar refractivity (Wildman–Crippen MR) is 79.0 cm³/mol. The lowest BCUT2D eigenvalue weighted by molar-refractivity contribution is -0.145. The minimum Gasteiger partial charge on any atom is -0.469 e. The number of ether oxygens (including phenoxy) is 1. The molecule has 0 amide bonds. The topological polar surface area (TPSA) is 97.1 Å². The smallest absolute Gasteiger partial charge is 0.312 e. The molecule has 21 heavy (non-hydrogen) atoms. The summed E-state index contributed by atoms with van der Waals surface area (Å²) in [5.41, 5.74) is 8.05. The molecule has 0 radical (unpaired) electrons. The van der Waals surface area contributed by atoms with E-state index in [2.05, 4.69) is 21.9 Å². The third kappa shape index (κ3) is 2.23. The van der Waals surface area contributed by atoms with Gasteiger partial charge in [0.2, 0.25) is 0 Å². The highest BCUT2D eigenvalue weighted by Crippen LogP contribution is 2.30. The molecule has 0 aliphatic carbocycles. The summed E-state index contributed by atoms with van der Waals surface area (Å²) >= 11 is 0. The number of anilines is 1. The number of carbonyl (C=O) groups is 1. The van der Waals surface area contributed by atoms with Crippen molar-refractivity contribution in [3.63, 3.8) is 0 Å². The van der Waals surface area contributed by atoms with Crippen LogP contribution in [0.15, 0.2) is 12.5 Å². The van der Waals surface area contributed by atoms with Gasteiger partial charge in [0.05, 0.1) is 18.4 Å². The van der Waals surface area contributed by atoms with Crippen LogP contribution in [0.1, 0.15) is 12.5 Å². The molecule has 2 aromatic heterocycles. The molecular weight excluding hydrogens is 270 g/mol. The van der Waals surface area contributed by atoms with Crippen LogP contribution in [0.25, 0.3) is 11.0 Å². The van der Waals surface area contributed by atoms with Crippen LogP contribution in [0.3, 0.4) is 0 Å². The molecule has 7 nitrogen and oxygen atoms in total. The highest BCUT2D eigenvalue weighted by molar-refractivity contribution is 5.91. The van der Waals surface area contributed by atoms with E-state index in [0.717, 1.165) is 28.8 Å². The zero-order valence-electron chi connectivity index (χ0n) is 12.2. The Hall–Kier alpha value is -2.15. The maximum absolute atomic E-state index is 11.8. The van der Waals surface area contributed by atoms with Crippen molar-refractivity contribution in [2.45, 2.75) is 19.4 Å². The molecule has 112 valence electrons. The number of esters is 1. The number of nitrogens with one attached hydrogen (secondary N) is 1. The molecule has 1 aliphatic rings. The first-order valence-electron chi connectivity index (χ1n) is 7.05. The van der Waals surface area contributed by atoms with Gasteiger partial charge < -0.3 is 20.4 Å². The summed E-state index contributed by atoms with van der Waals surface area (Å²) in [6.07, 6.45) is 4.38. The van der Waals surface area contributed by atoms with E-state index in [4.69, 9.17) is 10.5 Å². The molecule has 0 spiro atoms. The molecule has 0 saturated carbocycles. The average molecular weight is 289 g/mol. The number of nitrogens with zero attached hydrogens (tertiary/aromatic N) is 3. The van der Waals surface area contributed by atoms with Gasteiger partial charge in [0.1, 0.15) is 17.8 Å². The van der Waals surface area contributed by atoms with E-state index in [9.17, 15) is 4.79 Å². The lowest BCUT2D eigenvalue weighted by Gasteiger charge is -2.18. The molecule has 3 rings (SSSR count). The van der Waals surface area contributed by atoms with Crippen LogP contribution in [0.4, 0.5) is 5.82 Å². The Bertz CT molecular complexity index is 668. The fourth-order valence-electron chi connectivity index (χ4n) is 2.93. The minimum atomic E-state index is -0.316. The van der Waals surface area contributed by atoms with Gasteiger partial charge in [0, 0.05) is 25.3 Å². The third-order valence-electron chi connectivity index (χ3n) is 4.08. The summed E-state index contributed by atoms with van der Waals surface area (Å²) in [5, 5.41) is 1.01. The maximum Gasteiger partial charge on any atom is 0.312 e. The van der Waals surface area contributed by atoms with Gasteiger partial charge >= 0.3 is 5.97 Å².